The number of carbonyl (C=O) groups excluding carboxylic acids is 1. The zero-order chi connectivity index (χ0) is 23.0. The van der Waals surface area contributed by atoms with Crippen LogP contribution >= 0.6 is 0 Å². The molecule has 1 aliphatic heterocycles. The lowest BCUT2D eigenvalue weighted by Gasteiger charge is -2.37. The van der Waals surface area contributed by atoms with Crippen LogP contribution in [0.5, 0.6) is 11.5 Å². The fourth-order valence-corrected chi connectivity index (χ4v) is 3.60. The maximum absolute atomic E-state index is 15.2. The number of anilines is 2. The van der Waals surface area contributed by atoms with E-state index in [0.717, 1.165) is 17.2 Å². The van der Waals surface area contributed by atoms with Crippen LogP contribution in [0.3, 0.4) is 0 Å². The van der Waals surface area contributed by atoms with Gasteiger partial charge in [-0.15, -0.1) is 0 Å². The molecule has 0 saturated carbocycles. The minimum atomic E-state index is -1.06. The van der Waals surface area contributed by atoms with Crippen LogP contribution in [-0.2, 0) is 6.54 Å². The number of fused-ring (bicyclic) bond motifs is 3. The molecule has 4 rings (SSSR count). The smallest absolute Gasteiger partial charge is 0.334 e. The minimum Gasteiger partial charge on any atom is -0.493 e. The van der Waals surface area contributed by atoms with Crippen LogP contribution in [0.2, 0.25) is 0 Å². The topological polar surface area (TPSA) is 119 Å². The van der Waals surface area contributed by atoms with E-state index >= 15 is 8.78 Å². The van der Waals surface area contributed by atoms with Gasteiger partial charge in [0.15, 0.2) is 28.8 Å². The van der Waals surface area contributed by atoms with E-state index in [2.05, 4.69) is 20.5 Å². The Morgan fingerprint density at radius 2 is 1.91 bits per heavy atom. The number of benzene rings is 1. The minimum absolute atomic E-state index is 0.132. The molecule has 12 heteroatoms. The van der Waals surface area contributed by atoms with Crippen molar-refractivity contribution in [2.75, 3.05) is 31.1 Å². The lowest BCUT2D eigenvalue weighted by atomic mass is 10.1. The van der Waals surface area contributed by atoms with E-state index in [9.17, 15) is 4.79 Å². The van der Waals surface area contributed by atoms with Gasteiger partial charge >= 0.3 is 6.03 Å². The second-order valence-electron chi connectivity index (χ2n) is 6.73. The van der Waals surface area contributed by atoms with Crippen molar-refractivity contribution >= 4 is 34.7 Å². The SMILES string of the molecule is CN/C=C(\C=N)N1C(=O)N(c2c(F)c(OC)cc(OC)c2F)Cc2cnc3[nH]ncc3c21. The highest BCUT2D eigenvalue weighted by Crippen LogP contribution is 2.42. The third-order valence-electron chi connectivity index (χ3n) is 5.02. The van der Waals surface area contributed by atoms with E-state index in [4.69, 9.17) is 14.9 Å². The number of halogens is 2. The number of aromatic nitrogens is 3. The first-order valence-electron chi connectivity index (χ1n) is 9.37. The van der Waals surface area contributed by atoms with Crippen molar-refractivity contribution in [2.24, 2.45) is 0 Å². The van der Waals surface area contributed by atoms with Gasteiger partial charge in [-0.1, -0.05) is 0 Å². The Balaban J connectivity index is 1.99. The van der Waals surface area contributed by atoms with Gasteiger partial charge in [0.25, 0.3) is 0 Å². The van der Waals surface area contributed by atoms with Crippen LogP contribution in [0.25, 0.3) is 11.0 Å². The molecule has 0 fully saturated rings. The first-order valence-corrected chi connectivity index (χ1v) is 9.37. The van der Waals surface area contributed by atoms with Crippen LogP contribution in [0.15, 0.2) is 30.4 Å². The summed E-state index contributed by atoms with van der Waals surface area (Å²) < 4.78 is 40.4. The van der Waals surface area contributed by atoms with Gasteiger partial charge in [-0.05, 0) is 0 Å². The number of pyridine rings is 1. The lowest BCUT2D eigenvalue weighted by molar-refractivity contribution is 0.251. The number of hydrogen-bond donors (Lipinski definition) is 3. The van der Waals surface area contributed by atoms with E-state index in [1.165, 1.54) is 37.7 Å². The summed E-state index contributed by atoms with van der Waals surface area (Å²) in [6.45, 7) is -0.187. The Bertz CT molecular complexity index is 1230. The molecular formula is C20H19F2N7O3. The van der Waals surface area contributed by atoms with Gasteiger partial charge < -0.3 is 20.2 Å². The molecule has 3 aromatic rings. The molecule has 0 atom stereocenters. The molecule has 2 aromatic heterocycles. The van der Waals surface area contributed by atoms with Gasteiger partial charge in [0.05, 0.1) is 43.7 Å². The molecule has 1 aromatic carbocycles. The summed E-state index contributed by atoms with van der Waals surface area (Å²) in [7, 11) is 4.05. The number of H-pyrrole nitrogens is 1. The summed E-state index contributed by atoms with van der Waals surface area (Å²) in [6.07, 6.45) is 5.35. The number of aromatic amines is 1. The molecule has 0 radical (unpaired) electrons. The van der Waals surface area contributed by atoms with Gasteiger partial charge in [0, 0.05) is 37.3 Å². The van der Waals surface area contributed by atoms with Crippen molar-refractivity contribution in [3.8, 4) is 11.5 Å². The Morgan fingerprint density at radius 3 is 2.50 bits per heavy atom. The lowest BCUT2D eigenvalue weighted by Crippen LogP contribution is -2.48. The Morgan fingerprint density at radius 1 is 1.22 bits per heavy atom. The molecule has 32 heavy (non-hydrogen) atoms. The predicted octanol–water partition coefficient (Wildman–Crippen LogP) is 2.91. The molecule has 0 unspecified atom stereocenters. The largest absolute Gasteiger partial charge is 0.493 e. The summed E-state index contributed by atoms with van der Waals surface area (Å²) >= 11 is 0. The van der Waals surface area contributed by atoms with Crippen LogP contribution in [0, 0.1) is 17.0 Å². The van der Waals surface area contributed by atoms with Crippen molar-refractivity contribution in [2.45, 2.75) is 6.54 Å². The number of ether oxygens (including phenoxy) is 2. The number of methoxy groups -OCH3 is 2. The van der Waals surface area contributed by atoms with E-state index in [-0.39, 0.29) is 23.7 Å². The number of urea groups is 1. The van der Waals surface area contributed by atoms with E-state index in [1.807, 2.05) is 0 Å². The zero-order valence-corrected chi connectivity index (χ0v) is 17.4. The van der Waals surface area contributed by atoms with E-state index in [0.29, 0.717) is 22.3 Å². The fraction of sp³-hybridized carbons (Fsp3) is 0.200. The molecule has 166 valence electrons. The van der Waals surface area contributed by atoms with Gasteiger partial charge in [-0.25, -0.2) is 18.6 Å². The first-order chi connectivity index (χ1) is 15.5. The van der Waals surface area contributed by atoms with Crippen molar-refractivity contribution in [3.63, 3.8) is 0 Å². The molecule has 3 N–H and O–H groups in total. The van der Waals surface area contributed by atoms with Crippen molar-refractivity contribution in [3.05, 3.63) is 47.6 Å². The van der Waals surface area contributed by atoms with Gasteiger partial charge in [0.1, 0.15) is 5.69 Å². The average Bonchev–Trinajstić information content (AvgIpc) is 3.28. The summed E-state index contributed by atoms with van der Waals surface area (Å²) in [4.78, 5) is 20.0. The number of rotatable bonds is 6. The summed E-state index contributed by atoms with van der Waals surface area (Å²) in [6, 6.07) is 0.277. The normalized spacial score (nSPS) is 13.9. The Hall–Kier alpha value is -4.22. The number of allylic oxidation sites excluding steroid dienone is 1. The Labute approximate surface area is 180 Å². The van der Waals surface area contributed by atoms with Gasteiger partial charge in [-0.3, -0.25) is 14.9 Å². The van der Waals surface area contributed by atoms with E-state index < -0.39 is 23.4 Å². The molecule has 3 heterocycles. The molecular weight excluding hydrogens is 424 g/mol. The highest BCUT2D eigenvalue weighted by atomic mass is 19.1. The van der Waals surface area contributed by atoms with Crippen molar-refractivity contribution in [1.82, 2.24) is 20.5 Å². The highest BCUT2D eigenvalue weighted by molar-refractivity contribution is 6.16. The summed E-state index contributed by atoms with van der Waals surface area (Å²) in [5, 5.41) is 17.8. The van der Waals surface area contributed by atoms with Gasteiger partial charge in [0.2, 0.25) is 0 Å². The molecule has 0 saturated heterocycles. The standard InChI is InChI=1S/C20H19F2N7O3/c1-24-7-11(5-23)29-17-10(6-25-19-12(17)8-26-27-19)9-28(20(29)30)18-15(21)13(31-2)4-14(32-3)16(18)22/h4-8,23-24H,9H2,1-3H3,(H,25,26,27)/b11-7+,23-5?. The average molecular weight is 443 g/mol. The number of hydrogen-bond acceptors (Lipinski definition) is 7. The number of nitrogens with one attached hydrogen (secondary N) is 3. The maximum Gasteiger partial charge on any atom is 0.334 e. The van der Waals surface area contributed by atoms with Crippen LogP contribution < -0.4 is 24.6 Å². The molecule has 0 spiro atoms. The van der Waals surface area contributed by atoms with Crippen molar-refractivity contribution < 1.29 is 23.0 Å². The van der Waals surface area contributed by atoms with Gasteiger partial charge in [-0.2, -0.15) is 5.10 Å². The zero-order valence-electron chi connectivity index (χ0n) is 17.4. The molecule has 1 aliphatic rings. The van der Waals surface area contributed by atoms with E-state index in [1.54, 1.807) is 7.05 Å². The summed E-state index contributed by atoms with van der Waals surface area (Å²) in [5.74, 6) is -2.70. The Kier molecular flexibility index (Phi) is 5.34. The molecule has 10 nitrogen and oxygen atoms in total. The fourth-order valence-electron chi connectivity index (χ4n) is 3.60. The van der Waals surface area contributed by atoms with Crippen LogP contribution in [0.1, 0.15) is 5.56 Å². The number of nitrogens with zero attached hydrogens (tertiary/aromatic N) is 4. The monoisotopic (exact) mass is 443 g/mol. The summed E-state index contributed by atoms with van der Waals surface area (Å²) in [5.41, 5.74) is 0.813. The third kappa shape index (κ3) is 3.07. The molecule has 0 aliphatic carbocycles. The second-order valence-corrected chi connectivity index (χ2v) is 6.73. The number of amides is 2. The number of carbonyl (C=O) groups is 1. The first kappa shape index (κ1) is 21.0. The third-order valence-corrected chi connectivity index (χ3v) is 5.02. The quantitative estimate of drug-likeness (QED) is 0.504. The van der Waals surface area contributed by atoms with Crippen LogP contribution in [-0.4, -0.2) is 48.7 Å². The molecule has 2 amide bonds. The van der Waals surface area contributed by atoms with Crippen LogP contribution in [0.4, 0.5) is 25.0 Å². The second kappa shape index (κ2) is 8.13. The van der Waals surface area contributed by atoms with Crippen molar-refractivity contribution in [1.29, 1.82) is 5.41 Å². The highest BCUT2D eigenvalue weighted by Gasteiger charge is 2.39. The predicted molar refractivity (Wildman–Crippen MR) is 113 cm³/mol. The molecule has 0 bridgehead atoms. The maximum atomic E-state index is 15.2.